The molecule has 5 rings (SSSR count). The predicted octanol–water partition coefficient (Wildman–Crippen LogP) is 5.01. The first-order valence-corrected chi connectivity index (χ1v) is 12.1. The molecule has 1 saturated carbocycles. The van der Waals surface area contributed by atoms with Crippen molar-refractivity contribution in [3.05, 3.63) is 36.2 Å². The van der Waals surface area contributed by atoms with E-state index in [0.717, 1.165) is 22.9 Å². The summed E-state index contributed by atoms with van der Waals surface area (Å²) in [7, 11) is 0. The van der Waals surface area contributed by atoms with E-state index < -0.39 is 17.8 Å². The average Bonchev–Trinajstić information content (AvgIpc) is 3.52. The number of nitrogens with one attached hydrogen (secondary N) is 3. The van der Waals surface area contributed by atoms with E-state index in [0.29, 0.717) is 46.2 Å². The van der Waals surface area contributed by atoms with Crippen molar-refractivity contribution in [2.24, 2.45) is 0 Å². The van der Waals surface area contributed by atoms with Crippen molar-refractivity contribution in [2.45, 2.75) is 64.6 Å². The SMILES string of the molecule is Cc1nn(C(=O)O)c2cc(Nc3nc(N[C@@H]4CC[C@H](NC(=O)OC(C)(C)C)C4)c4occc4n3)ccc12. The zero-order valence-corrected chi connectivity index (χ0v) is 21.0. The number of hydrogen-bond donors (Lipinski definition) is 4. The Hall–Kier alpha value is -4.35. The van der Waals surface area contributed by atoms with Crippen LogP contribution in [0.2, 0.25) is 0 Å². The number of nitrogens with zero attached hydrogens (tertiary/aromatic N) is 4. The zero-order chi connectivity index (χ0) is 26.3. The maximum absolute atomic E-state index is 12.1. The van der Waals surface area contributed by atoms with E-state index in [1.54, 1.807) is 25.3 Å². The van der Waals surface area contributed by atoms with E-state index >= 15 is 0 Å². The quantitative estimate of drug-likeness (QED) is 0.289. The molecule has 1 fully saturated rings. The van der Waals surface area contributed by atoms with Gasteiger partial charge in [0.25, 0.3) is 0 Å². The van der Waals surface area contributed by atoms with Gasteiger partial charge in [-0.05, 0) is 65.2 Å². The highest BCUT2D eigenvalue weighted by Gasteiger charge is 2.29. The van der Waals surface area contributed by atoms with Crippen LogP contribution in [0.5, 0.6) is 0 Å². The summed E-state index contributed by atoms with van der Waals surface area (Å²) in [5, 5.41) is 23.8. The van der Waals surface area contributed by atoms with Gasteiger partial charge in [-0.3, -0.25) is 0 Å². The molecule has 0 aliphatic heterocycles. The van der Waals surface area contributed by atoms with Crippen LogP contribution < -0.4 is 16.0 Å². The Labute approximate surface area is 212 Å². The van der Waals surface area contributed by atoms with Crippen molar-refractivity contribution in [2.75, 3.05) is 10.6 Å². The first-order valence-electron chi connectivity index (χ1n) is 12.1. The summed E-state index contributed by atoms with van der Waals surface area (Å²) in [4.78, 5) is 32.9. The second-order valence-corrected chi connectivity index (χ2v) is 10.2. The first kappa shape index (κ1) is 24.3. The number of anilines is 3. The fourth-order valence-electron chi connectivity index (χ4n) is 4.55. The topological polar surface area (TPSA) is 156 Å². The standard InChI is InChI=1S/C25H29N7O5/c1-13-17-8-7-16(12-19(17)32(31-13)24(34)35)27-22-29-18-9-10-36-20(18)21(30-22)26-14-5-6-15(11-14)28-23(33)37-25(2,3)4/h7-10,12,14-15H,5-6,11H2,1-4H3,(H,28,33)(H,34,35)(H2,26,27,29,30)/t14-,15+/m1/s1. The molecule has 2 atom stereocenters. The molecule has 1 aliphatic carbocycles. The molecule has 0 radical (unpaired) electrons. The number of aromatic nitrogens is 4. The third-order valence-electron chi connectivity index (χ3n) is 6.10. The van der Waals surface area contributed by atoms with Crippen molar-refractivity contribution < 1.29 is 23.8 Å². The van der Waals surface area contributed by atoms with Gasteiger partial charge in [-0.1, -0.05) is 0 Å². The van der Waals surface area contributed by atoms with Gasteiger partial charge in [-0.2, -0.15) is 14.8 Å². The highest BCUT2D eigenvalue weighted by Crippen LogP contribution is 2.30. The molecule has 0 unspecified atom stereocenters. The van der Waals surface area contributed by atoms with Gasteiger partial charge >= 0.3 is 12.2 Å². The molecule has 12 nitrogen and oxygen atoms in total. The molecule has 1 aromatic carbocycles. The maximum Gasteiger partial charge on any atom is 0.432 e. The van der Waals surface area contributed by atoms with E-state index in [4.69, 9.17) is 9.15 Å². The lowest BCUT2D eigenvalue weighted by atomic mass is 10.2. The van der Waals surface area contributed by atoms with Crippen LogP contribution in [0, 0.1) is 6.92 Å². The number of amides is 1. The second kappa shape index (κ2) is 9.26. The first-order chi connectivity index (χ1) is 17.6. The molecular weight excluding hydrogens is 478 g/mol. The number of fused-ring (bicyclic) bond motifs is 2. The van der Waals surface area contributed by atoms with Gasteiger partial charge in [-0.15, -0.1) is 0 Å². The number of carboxylic acid groups (broad SMARTS) is 1. The molecule has 12 heteroatoms. The van der Waals surface area contributed by atoms with E-state index in [1.807, 2.05) is 32.9 Å². The summed E-state index contributed by atoms with van der Waals surface area (Å²) in [6.45, 7) is 7.27. The number of rotatable bonds is 5. The van der Waals surface area contributed by atoms with Crippen LogP contribution >= 0.6 is 0 Å². The van der Waals surface area contributed by atoms with Gasteiger partial charge in [-0.25, -0.2) is 14.6 Å². The van der Waals surface area contributed by atoms with Crippen LogP contribution in [0.15, 0.2) is 34.9 Å². The monoisotopic (exact) mass is 507 g/mol. The number of aryl methyl sites for hydroxylation is 1. The van der Waals surface area contributed by atoms with Crippen molar-refractivity contribution >= 4 is 51.6 Å². The number of furan rings is 1. The molecule has 1 amide bonds. The van der Waals surface area contributed by atoms with Gasteiger partial charge in [0, 0.05) is 29.2 Å². The fraction of sp³-hybridized carbons (Fsp3) is 0.400. The molecule has 4 aromatic rings. The number of alkyl carbamates (subject to hydrolysis) is 1. The molecule has 0 bridgehead atoms. The summed E-state index contributed by atoms with van der Waals surface area (Å²) < 4.78 is 11.9. The Morgan fingerprint density at radius 2 is 1.95 bits per heavy atom. The molecular formula is C25H29N7O5. The molecule has 3 heterocycles. The van der Waals surface area contributed by atoms with E-state index in [9.17, 15) is 14.7 Å². The van der Waals surface area contributed by atoms with E-state index in [1.165, 1.54) is 0 Å². The van der Waals surface area contributed by atoms with Gasteiger partial charge < -0.3 is 30.2 Å². The lowest BCUT2D eigenvalue weighted by Crippen LogP contribution is -2.38. The highest BCUT2D eigenvalue weighted by atomic mass is 16.6. The maximum atomic E-state index is 12.1. The molecule has 1 aliphatic rings. The minimum Gasteiger partial charge on any atom is -0.463 e. The summed E-state index contributed by atoms with van der Waals surface area (Å²) in [5.74, 6) is 0.864. The van der Waals surface area contributed by atoms with Crippen LogP contribution in [-0.2, 0) is 4.74 Å². The van der Waals surface area contributed by atoms with Crippen LogP contribution in [0.1, 0.15) is 45.7 Å². The Balaban J connectivity index is 1.33. The minimum absolute atomic E-state index is 0.00635. The second-order valence-electron chi connectivity index (χ2n) is 10.2. The Morgan fingerprint density at radius 3 is 2.70 bits per heavy atom. The minimum atomic E-state index is -1.16. The summed E-state index contributed by atoms with van der Waals surface area (Å²) in [6.07, 6.45) is 2.33. The summed E-state index contributed by atoms with van der Waals surface area (Å²) in [6, 6.07) is 7.15. The van der Waals surface area contributed by atoms with Crippen molar-refractivity contribution in [3.8, 4) is 0 Å². The third-order valence-corrected chi connectivity index (χ3v) is 6.10. The van der Waals surface area contributed by atoms with Gasteiger partial charge in [0.15, 0.2) is 11.4 Å². The number of hydrogen-bond acceptors (Lipinski definition) is 9. The fourth-order valence-corrected chi connectivity index (χ4v) is 4.55. The molecule has 4 N–H and O–H groups in total. The van der Waals surface area contributed by atoms with Crippen molar-refractivity contribution in [1.82, 2.24) is 25.1 Å². The normalized spacial score (nSPS) is 17.7. The van der Waals surface area contributed by atoms with E-state index in [-0.39, 0.29) is 12.1 Å². The van der Waals surface area contributed by atoms with Crippen molar-refractivity contribution in [3.63, 3.8) is 0 Å². The largest absolute Gasteiger partial charge is 0.463 e. The van der Waals surface area contributed by atoms with Crippen LogP contribution in [-0.4, -0.2) is 54.7 Å². The van der Waals surface area contributed by atoms with Gasteiger partial charge in [0.05, 0.1) is 17.5 Å². The summed E-state index contributed by atoms with van der Waals surface area (Å²) >= 11 is 0. The van der Waals surface area contributed by atoms with Gasteiger partial charge in [0.1, 0.15) is 11.1 Å². The molecule has 194 valence electrons. The highest BCUT2D eigenvalue weighted by molar-refractivity contribution is 5.92. The molecule has 0 spiro atoms. The lowest BCUT2D eigenvalue weighted by molar-refractivity contribution is 0.0505. The Bertz CT molecular complexity index is 1490. The average molecular weight is 508 g/mol. The molecule has 0 saturated heterocycles. The number of carbonyl (C=O) groups is 2. The van der Waals surface area contributed by atoms with Gasteiger partial charge in [0.2, 0.25) is 5.95 Å². The van der Waals surface area contributed by atoms with Crippen LogP contribution in [0.4, 0.5) is 27.0 Å². The molecule has 3 aromatic heterocycles. The lowest BCUT2D eigenvalue weighted by Gasteiger charge is -2.22. The van der Waals surface area contributed by atoms with Crippen LogP contribution in [0.25, 0.3) is 22.0 Å². The number of carbonyl (C=O) groups excluding carboxylic acids is 1. The number of ether oxygens (including phenoxy) is 1. The third kappa shape index (κ3) is 5.27. The predicted molar refractivity (Wildman–Crippen MR) is 137 cm³/mol. The number of benzene rings is 1. The van der Waals surface area contributed by atoms with Crippen molar-refractivity contribution in [1.29, 1.82) is 0 Å². The molecule has 37 heavy (non-hydrogen) atoms. The Morgan fingerprint density at radius 1 is 1.16 bits per heavy atom. The zero-order valence-electron chi connectivity index (χ0n) is 21.0. The smallest absolute Gasteiger partial charge is 0.432 e. The van der Waals surface area contributed by atoms with E-state index in [2.05, 4.69) is 31.0 Å². The Kier molecular flexibility index (Phi) is 6.10. The van der Waals surface area contributed by atoms with Crippen LogP contribution in [0.3, 0.4) is 0 Å². The summed E-state index contributed by atoms with van der Waals surface area (Å²) in [5.41, 5.74) is 2.31.